The second-order valence-corrected chi connectivity index (χ2v) is 4.11. The predicted molar refractivity (Wildman–Crippen MR) is 47.4 cm³/mol. The van der Waals surface area contributed by atoms with Crippen LogP contribution in [0.25, 0.3) is 11.3 Å². The molecule has 2 rings (SSSR count). The van der Waals surface area contributed by atoms with E-state index in [1.54, 1.807) is 17.5 Å². The van der Waals surface area contributed by atoms with Crippen molar-refractivity contribution in [2.75, 3.05) is 0 Å². The molecule has 0 spiro atoms. The van der Waals surface area contributed by atoms with Gasteiger partial charge in [0.1, 0.15) is 0 Å². The fraction of sp³-hybridized carbons (Fsp3) is 0. The van der Waals surface area contributed by atoms with E-state index in [0.29, 0.717) is 0 Å². The van der Waals surface area contributed by atoms with Crippen LogP contribution < -0.4 is 0 Å². The standard InChI is InChI=1S/C6H4BrN3S/c7-6-10-5(3-11-6)4-1-8-9-2-4/h1-3H,(H,8,9). The van der Waals surface area contributed by atoms with Gasteiger partial charge in [0.2, 0.25) is 0 Å². The van der Waals surface area contributed by atoms with Crippen LogP contribution in [0, 0.1) is 0 Å². The Hall–Kier alpha value is -0.680. The van der Waals surface area contributed by atoms with E-state index in [-0.39, 0.29) is 0 Å². The van der Waals surface area contributed by atoms with Gasteiger partial charge in [-0.2, -0.15) is 5.10 Å². The second-order valence-electron chi connectivity index (χ2n) is 1.97. The van der Waals surface area contributed by atoms with Gasteiger partial charge < -0.3 is 0 Å². The van der Waals surface area contributed by atoms with Gasteiger partial charge in [-0.3, -0.25) is 5.10 Å². The fourth-order valence-electron chi connectivity index (χ4n) is 0.775. The van der Waals surface area contributed by atoms with E-state index in [2.05, 4.69) is 31.1 Å². The van der Waals surface area contributed by atoms with Crippen molar-refractivity contribution < 1.29 is 0 Å². The molecule has 0 saturated carbocycles. The molecule has 11 heavy (non-hydrogen) atoms. The summed E-state index contributed by atoms with van der Waals surface area (Å²) < 4.78 is 0.897. The SMILES string of the molecule is Brc1nc(-c2cn[nH]c2)cs1. The van der Waals surface area contributed by atoms with Crippen LogP contribution in [0.3, 0.4) is 0 Å². The minimum absolute atomic E-state index is 0.897. The Balaban J connectivity index is 2.45. The van der Waals surface area contributed by atoms with Gasteiger partial charge in [-0.15, -0.1) is 11.3 Å². The summed E-state index contributed by atoms with van der Waals surface area (Å²) in [4.78, 5) is 4.23. The van der Waals surface area contributed by atoms with Crippen molar-refractivity contribution in [3.63, 3.8) is 0 Å². The summed E-state index contributed by atoms with van der Waals surface area (Å²) in [5.74, 6) is 0. The first-order valence-electron chi connectivity index (χ1n) is 2.96. The Morgan fingerprint density at radius 1 is 1.55 bits per heavy atom. The van der Waals surface area contributed by atoms with E-state index in [0.717, 1.165) is 15.2 Å². The lowest BCUT2D eigenvalue weighted by Gasteiger charge is -1.83. The molecule has 0 radical (unpaired) electrons. The molecule has 2 heterocycles. The molecule has 0 unspecified atom stereocenters. The number of aromatic amines is 1. The van der Waals surface area contributed by atoms with Gasteiger partial charge in [0.25, 0.3) is 0 Å². The highest BCUT2D eigenvalue weighted by molar-refractivity contribution is 9.11. The Bertz CT molecular complexity index is 340. The zero-order valence-corrected chi connectivity index (χ0v) is 7.82. The lowest BCUT2D eigenvalue weighted by molar-refractivity contribution is 1.09. The molecule has 0 fully saturated rings. The van der Waals surface area contributed by atoms with Crippen LogP contribution in [0.1, 0.15) is 0 Å². The van der Waals surface area contributed by atoms with Crippen LogP contribution in [0.15, 0.2) is 21.7 Å². The van der Waals surface area contributed by atoms with E-state index < -0.39 is 0 Å². The molecule has 0 aliphatic carbocycles. The normalized spacial score (nSPS) is 10.3. The van der Waals surface area contributed by atoms with E-state index in [1.807, 2.05) is 11.6 Å². The average Bonchev–Trinajstić information content (AvgIpc) is 2.55. The van der Waals surface area contributed by atoms with E-state index in [1.165, 1.54) is 0 Å². The van der Waals surface area contributed by atoms with Crippen LogP contribution in [-0.4, -0.2) is 15.2 Å². The molecular formula is C6H4BrN3S. The molecular weight excluding hydrogens is 226 g/mol. The summed E-state index contributed by atoms with van der Waals surface area (Å²) in [6, 6.07) is 0. The molecule has 0 amide bonds. The number of halogens is 1. The third-order valence-corrected chi connectivity index (χ3v) is 2.64. The zero-order chi connectivity index (χ0) is 7.68. The summed E-state index contributed by atoms with van der Waals surface area (Å²) in [6.45, 7) is 0. The third-order valence-electron chi connectivity index (χ3n) is 1.27. The molecule has 3 nitrogen and oxygen atoms in total. The second kappa shape index (κ2) is 2.75. The van der Waals surface area contributed by atoms with Gasteiger partial charge >= 0.3 is 0 Å². The van der Waals surface area contributed by atoms with Gasteiger partial charge in [0, 0.05) is 17.1 Å². The Morgan fingerprint density at radius 3 is 3.00 bits per heavy atom. The van der Waals surface area contributed by atoms with Gasteiger partial charge in [0.05, 0.1) is 11.9 Å². The molecule has 56 valence electrons. The maximum absolute atomic E-state index is 4.23. The maximum atomic E-state index is 4.23. The smallest absolute Gasteiger partial charge is 0.159 e. The largest absolute Gasteiger partial charge is 0.285 e. The highest BCUT2D eigenvalue weighted by atomic mass is 79.9. The molecule has 5 heteroatoms. The number of nitrogens with one attached hydrogen (secondary N) is 1. The van der Waals surface area contributed by atoms with Crippen LogP contribution in [0.2, 0.25) is 0 Å². The molecule has 0 aliphatic heterocycles. The van der Waals surface area contributed by atoms with Crippen molar-refractivity contribution in [1.29, 1.82) is 0 Å². The van der Waals surface area contributed by atoms with Crippen molar-refractivity contribution in [2.24, 2.45) is 0 Å². The Morgan fingerprint density at radius 2 is 2.45 bits per heavy atom. The van der Waals surface area contributed by atoms with Gasteiger partial charge in [-0.05, 0) is 15.9 Å². The topological polar surface area (TPSA) is 41.6 Å². The maximum Gasteiger partial charge on any atom is 0.159 e. The lowest BCUT2D eigenvalue weighted by Crippen LogP contribution is -1.70. The highest BCUT2D eigenvalue weighted by Gasteiger charge is 2.01. The predicted octanol–water partition coefficient (Wildman–Crippen LogP) is 2.30. The number of hydrogen-bond acceptors (Lipinski definition) is 3. The summed E-state index contributed by atoms with van der Waals surface area (Å²) in [5.41, 5.74) is 1.97. The molecule has 0 atom stereocenters. The van der Waals surface area contributed by atoms with Crippen molar-refractivity contribution in [3.05, 3.63) is 21.7 Å². The van der Waals surface area contributed by atoms with Gasteiger partial charge in [-0.1, -0.05) is 0 Å². The Labute approximate surface area is 75.6 Å². The van der Waals surface area contributed by atoms with Crippen LogP contribution in [-0.2, 0) is 0 Å². The lowest BCUT2D eigenvalue weighted by atomic mass is 10.3. The number of rotatable bonds is 1. The number of hydrogen-bond donors (Lipinski definition) is 1. The van der Waals surface area contributed by atoms with Crippen molar-refractivity contribution >= 4 is 27.3 Å². The minimum Gasteiger partial charge on any atom is -0.285 e. The molecule has 0 aliphatic rings. The van der Waals surface area contributed by atoms with E-state index in [4.69, 9.17) is 0 Å². The minimum atomic E-state index is 0.897. The first-order valence-corrected chi connectivity index (χ1v) is 4.64. The number of nitrogens with zero attached hydrogens (tertiary/aromatic N) is 2. The van der Waals surface area contributed by atoms with E-state index >= 15 is 0 Å². The third kappa shape index (κ3) is 1.34. The average molecular weight is 230 g/mol. The highest BCUT2D eigenvalue weighted by Crippen LogP contribution is 2.23. The molecule has 2 aromatic rings. The fourth-order valence-corrected chi connectivity index (χ4v) is 1.80. The van der Waals surface area contributed by atoms with Crippen molar-refractivity contribution in [2.45, 2.75) is 0 Å². The quantitative estimate of drug-likeness (QED) is 0.816. The summed E-state index contributed by atoms with van der Waals surface area (Å²) in [6.07, 6.45) is 3.57. The van der Waals surface area contributed by atoms with E-state index in [9.17, 15) is 0 Å². The van der Waals surface area contributed by atoms with Crippen molar-refractivity contribution in [3.8, 4) is 11.3 Å². The number of thiazole rings is 1. The number of aromatic nitrogens is 3. The number of H-pyrrole nitrogens is 1. The summed E-state index contributed by atoms with van der Waals surface area (Å²) >= 11 is 4.86. The molecule has 2 aromatic heterocycles. The molecule has 0 bridgehead atoms. The summed E-state index contributed by atoms with van der Waals surface area (Å²) in [5, 5.41) is 8.55. The van der Waals surface area contributed by atoms with Gasteiger partial charge in [-0.25, -0.2) is 4.98 Å². The molecule has 0 aromatic carbocycles. The molecule has 0 saturated heterocycles. The van der Waals surface area contributed by atoms with Crippen LogP contribution in [0.5, 0.6) is 0 Å². The van der Waals surface area contributed by atoms with Crippen LogP contribution >= 0.6 is 27.3 Å². The first kappa shape index (κ1) is 7.00. The molecule has 1 N–H and O–H groups in total. The van der Waals surface area contributed by atoms with Gasteiger partial charge in [0.15, 0.2) is 3.92 Å². The van der Waals surface area contributed by atoms with Crippen LogP contribution in [0.4, 0.5) is 0 Å². The zero-order valence-electron chi connectivity index (χ0n) is 5.41. The monoisotopic (exact) mass is 229 g/mol. The first-order chi connectivity index (χ1) is 5.36. The Kier molecular flexibility index (Phi) is 1.75. The summed E-state index contributed by atoms with van der Waals surface area (Å²) in [7, 11) is 0. The van der Waals surface area contributed by atoms with Crippen molar-refractivity contribution in [1.82, 2.24) is 15.2 Å².